The summed E-state index contributed by atoms with van der Waals surface area (Å²) in [7, 11) is -3.92. The first-order chi connectivity index (χ1) is 13.8. The van der Waals surface area contributed by atoms with Gasteiger partial charge in [-0.25, -0.2) is 0 Å². The lowest BCUT2D eigenvalue weighted by Gasteiger charge is -2.13. The molecule has 1 aliphatic rings. The first kappa shape index (κ1) is 21.3. The first-order valence-electron chi connectivity index (χ1n) is 8.64. The maximum absolute atomic E-state index is 12.7. The molecule has 2 aromatic rings. The number of hydrogen-bond acceptors (Lipinski definition) is 6. The zero-order chi connectivity index (χ0) is 21.0. The second-order valence-electron chi connectivity index (χ2n) is 6.19. The van der Waals surface area contributed by atoms with Crippen LogP contribution in [-0.4, -0.2) is 42.1 Å². The second-order valence-corrected chi connectivity index (χ2v) is 10.1. The lowest BCUT2D eigenvalue weighted by Crippen LogP contribution is -2.33. The average molecular weight is 450 g/mol. The van der Waals surface area contributed by atoms with Crippen molar-refractivity contribution in [3.8, 4) is 0 Å². The zero-order valence-electron chi connectivity index (χ0n) is 15.6. The number of benzene rings is 1. The number of nitrogens with one attached hydrogen (secondary N) is 1. The van der Waals surface area contributed by atoms with Crippen LogP contribution >= 0.6 is 23.1 Å². The minimum atomic E-state index is -3.92. The summed E-state index contributed by atoms with van der Waals surface area (Å²) < 4.78 is 28.9. The summed E-state index contributed by atoms with van der Waals surface area (Å²) in [4.78, 5) is 26.4. The topological polar surface area (TPSA) is 95.9 Å². The number of para-hydroxylation sites is 1. The van der Waals surface area contributed by atoms with Crippen molar-refractivity contribution in [2.75, 3.05) is 11.9 Å². The normalized spacial score (nSPS) is 18.2. The number of carbonyl (C=O) groups is 2. The van der Waals surface area contributed by atoms with Crippen LogP contribution < -0.4 is 5.32 Å². The third kappa shape index (κ3) is 4.95. The highest BCUT2D eigenvalue weighted by Crippen LogP contribution is 2.32. The number of amides is 2. The molecule has 7 nitrogen and oxygen atoms in total. The molecule has 1 N–H and O–H groups in total. The van der Waals surface area contributed by atoms with Crippen molar-refractivity contribution in [2.45, 2.75) is 22.8 Å². The van der Waals surface area contributed by atoms with Crippen LogP contribution in [0.5, 0.6) is 0 Å². The number of sulfonamides is 1. The maximum atomic E-state index is 12.7. The molecule has 1 aromatic carbocycles. The van der Waals surface area contributed by atoms with Crippen LogP contribution in [0.4, 0.5) is 5.69 Å². The molecule has 0 saturated carbocycles. The monoisotopic (exact) mass is 449 g/mol. The second kappa shape index (κ2) is 8.93. The van der Waals surface area contributed by atoms with Crippen LogP contribution in [0.15, 0.2) is 63.0 Å². The highest BCUT2D eigenvalue weighted by molar-refractivity contribution is 8.16. The van der Waals surface area contributed by atoms with Crippen molar-refractivity contribution in [2.24, 2.45) is 4.40 Å². The number of thioether (sulfide) groups is 1. The van der Waals surface area contributed by atoms with Crippen LogP contribution in [0.1, 0.15) is 12.0 Å². The average Bonchev–Trinajstić information content (AvgIpc) is 3.29. The predicted octanol–water partition coefficient (Wildman–Crippen LogP) is 3.26. The van der Waals surface area contributed by atoms with E-state index < -0.39 is 15.3 Å². The molecule has 10 heteroatoms. The Hall–Kier alpha value is -2.43. The summed E-state index contributed by atoms with van der Waals surface area (Å²) in [5.41, 5.74) is 1.58. The Morgan fingerprint density at radius 3 is 2.72 bits per heavy atom. The minimum Gasteiger partial charge on any atom is -0.326 e. The molecule has 29 heavy (non-hydrogen) atoms. The van der Waals surface area contributed by atoms with Gasteiger partial charge in [0.25, 0.3) is 10.0 Å². The van der Waals surface area contributed by atoms with Gasteiger partial charge in [-0.15, -0.1) is 22.3 Å². The van der Waals surface area contributed by atoms with Gasteiger partial charge >= 0.3 is 0 Å². The van der Waals surface area contributed by atoms with Gasteiger partial charge in [0.05, 0.1) is 0 Å². The van der Waals surface area contributed by atoms with Crippen molar-refractivity contribution in [3.05, 3.63) is 60.0 Å². The van der Waals surface area contributed by atoms with Crippen LogP contribution in [0.3, 0.4) is 0 Å². The van der Waals surface area contributed by atoms with E-state index >= 15 is 0 Å². The molecule has 3 rings (SSSR count). The summed E-state index contributed by atoms with van der Waals surface area (Å²) in [6.07, 6.45) is 1.39. The SMILES string of the molecule is C=CCN1C(=O)C(CC(=O)Nc2ccccc2C)S/C1=N/S(=O)(=O)c1cccs1. The van der Waals surface area contributed by atoms with E-state index in [1.54, 1.807) is 17.5 Å². The van der Waals surface area contributed by atoms with E-state index in [0.29, 0.717) is 5.69 Å². The van der Waals surface area contributed by atoms with Gasteiger partial charge in [-0.3, -0.25) is 14.5 Å². The van der Waals surface area contributed by atoms with Crippen LogP contribution in [0.2, 0.25) is 0 Å². The van der Waals surface area contributed by atoms with E-state index in [-0.39, 0.29) is 34.2 Å². The molecule has 1 saturated heterocycles. The van der Waals surface area contributed by atoms with Crippen LogP contribution in [0.25, 0.3) is 0 Å². The van der Waals surface area contributed by atoms with Gasteiger partial charge in [0.1, 0.15) is 9.46 Å². The summed E-state index contributed by atoms with van der Waals surface area (Å²) >= 11 is 2.03. The van der Waals surface area contributed by atoms with E-state index in [0.717, 1.165) is 28.7 Å². The minimum absolute atomic E-state index is 0.0528. The molecule has 1 aliphatic heterocycles. The number of aryl methyl sites for hydroxylation is 1. The van der Waals surface area contributed by atoms with Crippen molar-refractivity contribution < 1.29 is 18.0 Å². The number of hydrogen-bond donors (Lipinski definition) is 1. The van der Waals surface area contributed by atoms with E-state index in [1.165, 1.54) is 17.0 Å². The number of thiophene rings is 1. The standard InChI is InChI=1S/C19H19N3O4S3/c1-3-10-22-18(24)15(12-16(23)20-14-8-5-4-7-13(14)2)28-19(22)21-29(25,26)17-9-6-11-27-17/h3-9,11,15H,1,10,12H2,2H3,(H,20,23)/b21-19+. The van der Waals surface area contributed by atoms with Gasteiger partial charge in [0, 0.05) is 18.7 Å². The fourth-order valence-corrected chi connectivity index (χ4v) is 5.98. The molecule has 1 unspecified atom stereocenters. The smallest absolute Gasteiger partial charge is 0.294 e. The Morgan fingerprint density at radius 1 is 1.31 bits per heavy atom. The Bertz CT molecular complexity index is 1060. The van der Waals surface area contributed by atoms with Crippen LogP contribution in [-0.2, 0) is 19.6 Å². The molecule has 1 fully saturated rings. The van der Waals surface area contributed by atoms with Gasteiger partial charge in [0.15, 0.2) is 5.17 Å². The fourth-order valence-electron chi connectivity index (χ4n) is 2.65. The third-order valence-electron chi connectivity index (χ3n) is 4.07. The van der Waals surface area contributed by atoms with Crippen molar-refractivity contribution in [1.82, 2.24) is 4.90 Å². The molecule has 0 radical (unpaired) electrons. The zero-order valence-corrected chi connectivity index (χ0v) is 18.0. The molecule has 1 atom stereocenters. The Labute approximate surface area is 177 Å². The molecule has 2 heterocycles. The van der Waals surface area contributed by atoms with Gasteiger partial charge < -0.3 is 5.32 Å². The fraction of sp³-hybridized carbons (Fsp3) is 0.211. The Balaban J connectivity index is 1.78. The number of rotatable bonds is 7. The summed E-state index contributed by atoms with van der Waals surface area (Å²) in [6, 6.07) is 10.4. The maximum Gasteiger partial charge on any atom is 0.294 e. The molecular weight excluding hydrogens is 430 g/mol. The lowest BCUT2D eigenvalue weighted by atomic mass is 10.2. The quantitative estimate of drug-likeness (QED) is 0.655. The molecule has 0 aliphatic carbocycles. The van der Waals surface area contributed by atoms with Gasteiger partial charge in [-0.05, 0) is 30.0 Å². The van der Waals surface area contributed by atoms with Gasteiger partial charge in [-0.1, -0.05) is 42.1 Å². The Morgan fingerprint density at radius 2 is 2.07 bits per heavy atom. The van der Waals surface area contributed by atoms with E-state index in [2.05, 4.69) is 16.3 Å². The van der Waals surface area contributed by atoms with E-state index in [9.17, 15) is 18.0 Å². The molecule has 2 amide bonds. The van der Waals surface area contributed by atoms with Crippen LogP contribution in [0, 0.1) is 6.92 Å². The molecule has 1 aromatic heterocycles. The largest absolute Gasteiger partial charge is 0.326 e. The molecule has 0 bridgehead atoms. The number of carbonyl (C=O) groups excluding carboxylic acids is 2. The van der Waals surface area contributed by atoms with E-state index in [4.69, 9.17) is 0 Å². The summed E-state index contributed by atoms with van der Waals surface area (Å²) in [6.45, 7) is 5.59. The summed E-state index contributed by atoms with van der Waals surface area (Å²) in [5, 5.41) is 3.73. The molecule has 152 valence electrons. The third-order valence-corrected chi connectivity index (χ3v) is 8.00. The Kier molecular flexibility index (Phi) is 6.56. The predicted molar refractivity (Wildman–Crippen MR) is 117 cm³/mol. The highest BCUT2D eigenvalue weighted by atomic mass is 32.2. The van der Waals surface area contributed by atoms with Gasteiger partial charge in [-0.2, -0.15) is 8.42 Å². The van der Waals surface area contributed by atoms with Crippen molar-refractivity contribution in [1.29, 1.82) is 0 Å². The van der Waals surface area contributed by atoms with E-state index in [1.807, 2.05) is 25.1 Å². The first-order valence-corrected chi connectivity index (χ1v) is 11.8. The lowest BCUT2D eigenvalue weighted by molar-refractivity contribution is -0.127. The summed E-state index contributed by atoms with van der Waals surface area (Å²) in [5.74, 6) is -0.693. The molecular formula is C19H19N3O4S3. The van der Waals surface area contributed by atoms with Gasteiger partial charge in [0.2, 0.25) is 11.8 Å². The highest BCUT2D eigenvalue weighted by Gasteiger charge is 2.39. The number of nitrogens with zero attached hydrogens (tertiary/aromatic N) is 2. The number of amidine groups is 1. The van der Waals surface area contributed by atoms with Crippen molar-refractivity contribution in [3.63, 3.8) is 0 Å². The number of anilines is 1. The van der Waals surface area contributed by atoms with Crippen molar-refractivity contribution >= 4 is 55.8 Å². The molecule has 0 spiro atoms.